The molecule has 33 heavy (non-hydrogen) atoms. The lowest BCUT2D eigenvalue weighted by Gasteiger charge is -2.25. The van der Waals surface area contributed by atoms with E-state index < -0.39 is 0 Å². The van der Waals surface area contributed by atoms with E-state index in [4.69, 9.17) is 9.47 Å². The van der Waals surface area contributed by atoms with Gasteiger partial charge in [-0.3, -0.25) is 4.79 Å². The molecule has 1 aromatic carbocycles. The maximum absolute atomic E-state index is 13.5. The number of thiophene rings is 1. The molecule has 3 aromatic heterocycles. The maximum atomic E-state index is 13.5. The third-order valence-electron chi connectivity index (χ3n) is 5.71. The smallest absolute Gasteiger partial charge is 0.259 e. The van der Waals surface area contributed by atoms with Crippen LogP contribution in [0.15, 0.2) is 66.4 Å². The van der Waals surface area contributed by atoms with Crippen molar-refractivity contribution in [3.05, 3.63) is 82.4 Å². The predicted octanol–water partition coefficient (Wildman–Crippen LogP) is 4.23. The lowest BCUT2D eigenvalue weighted by atomic mass is 10.1. The Bertz CT molecular complexity index is 1200. The van der Waals surface area contributed by atoms with Crippen LogP contribution < -0.4 is 4.74 Å². The van der Waals surface area contributed by atoms with Crippen molar-refractivity contribution >= 4 is 22.9 Å². The molecule has 1 amide bonds. The second-order valence-corrected chi connectivity index (χ2v) is 9.12. The molecule has 170 valence electrons. The molecule has 1 fully saturated rings. The van der Waals surface area contributed by atoms with Crippen molar-refractivity contribution in [2.24, 2.45) is 0 Å². The second kappa shape index (κ2) is 10.1. The van der Waals surface area contributed by atoms with Gasteiger partial charge in [0.2, 0.25) is 0 Å². The number of nitrogens with zero attached hydrogens (tertiary/aromatic N) is 4. The van der Waals surface area contributed by atoms with Crippen LogP contribution in [-0.4, -0.2) is 51.3 Å². The van der Waals surface area contributed by atoms with E-state index >= 15 is 0 Å². The first-order chi connectivity index (χ1) is 16.3. The van der Waals surface area contributed by atoms with Gasteiger partial charge in [-0.15, -0.1) is 11.3 Å². The molecule has 0 saturated carbocycles. The number of aromatic nitrogens is 3. The van der Waals surface area contributed by atoms with E-state index in [1.807, 2.05) is 29.2 Å². The number of hydrogen-bond donors (Lipinski definition) is 0. The van der Waals surface area contributed by atoms with Gasteiger partial charge < -0.3 is 14.4 Å². The Balaban J connectivity index is 1.32. The zero-order valence-electron chi connectivity index (χ0n) is 18.3. The molecule has 0 aliphatic carbocycles. The minimum Gasteiger partial charge on any atom is -0.493 e. The lowest BCUT2D eigenvalue weighted by Crippen LogP contribution is -2.37. The van der Waals surface area contributed by atoms with Crippen molar-refractivity contribution in [3.63, 3.8) is 0 Å². The molecule has 7 nitrogen and oxygen atoms in total. The van der Waals surface area contributed by atoms with E-state index in [0.29, 0.717) is 30.9 Å². The first-order valence-electron chi connectivity index (χ1n) is 11.2. The van der Waals surface area contributed by atoms with Gasteiger partial charge in [0.05, 0.1) is 18.9 Å². The van der Waals surface area contributed by atoms with E-state index in [9.17, 15) is 4.79 Å². The van der Waals surface area contributed by atoms with Crippen molar-refractivity contribution in [3.8, 4) is 5.75 Å². The molecule has 0 bridgehead atoms. The van der Waals surface area contributed by atoms with Crippen molar-refractivity contribution in [2.75, 3.05) is 19.8 Å². The van der Waals surface area contributed by atoms with E-state index in [-0.39, 0.29) is 12.0 Å². The summed E-state index contributed by atoms with van der Waals surface area (Å²) in [5, 5.41) is 6.36. The average molecular weight is 463 g/mol. The molecule has 4 heterocycles. The summed E-state index contributed by atoms with van der Waals surface area (Å²) in [4.78, 5) is 21.0. The van der Waals surface area contributed by atoms with Gasteiger partial charge in [-0.1, -0.05) is 18.2 Å². The number of hydrogen-bond acceptors (Lipinski definition) is 6. The molecule has 8 heteroatoms. The van der Waals surface area contributed by atoms with E-state index in [2.05, 4.69) is 27.6 Å². The highest BCUT2D eigenvalue weighted by Gasteiger charge is 2.26. The third-order valence-corrected chi connectivity index (χ3v) is 6.65. The van der Waals surface area contributed by atoms with Crippen LogP contribution in [0, 0.1) is 0 Å². The normalized spacial score (nSPS) is 15.7. The summed E-state index contributed by atoms with van der Waals surface area (Å²) < 4.78 is 13.4. The van der Waals surface area contributed by atoms with Gasteiger partial charge in [0.15, 0.2) is 5.65 Å². The molecule has 1 atom stereocenters. The number of benzene rings is 1. The van der Waals surface area contributed by atoms with Crippen LogP contribution in [0.1, 0.15) is 33.6 Å². The minimum atomic E-state index is -0.0942. The van der Waals surface area contributed by atoms with Gasteiger partial charge in [-0.05, 0) is 48.1 Å². The molecule has 1 saturated heterocycles. The average Bonchev–Trinajstić information content (AvgIpc) is 3.61. The number of ether oxygens (including phenoxy) is 2. The predicted molar refractivity (Wildman–Crippen MR) is 127 cm³/mol. The first kappa shape index (κ1) is 21.6. The van der Waals surface area contributed by atoms with Crippen LogP contribution in [0.3, 0.4) is 0 Å². The Morgan fingerprint density at radius 3 is 3.09 bits per heavy atom. The highest BCUT2D eigenvalue weighted by Crippen LogP contribution is 2.21. The molecule has 0 spiro atoms. The molecule has 4 aromatic rings. The molecule has 1 aliphatic rings. The van der Waals surface area contributed by atoms with Crippen LogP contribution >= 0.6 is 11.3 Å². The maximum Gasteiger partial charge on any atom is 0.259 e. The molecular formula is C25H26N4O3S. The van der Waals surface area contributed by atoms with Crippen LogP contribution in [0.25, 0.3) is 5.65 Å². The monoisotopic (exact) mass is 462 g/mol. The van der Waals surface area contributed by atoms with Crippen LogP contribution in [0.5, 0.6) is 5.75 Å². The van der Waals surface area contributed by atoms with Gasteiger partial charge in [0.25, 0.3) is 5.91 Å². The molecule has 5 rings (SSSR count). The van der Waals surface area contributed by atoms with Crippen molar-refractivity contribution < 1.29 is 14.3 Å². The fourth-order valence-corrected chi connectivity index (χ4v) is 4.77. The summed E-state index contributed by atoms with van der Waals surface area (Å²) in [6.45, 7) is 2.37. The minimum absolute atomic E-state index is 0.0500. The van der Waals surface area contributed by atoms with E-state index in [1.54, 1.807) is 40.5 Å². The zero-order chi connectivity index (χ0) is 22.5. The number of carbonyl (C=O) groups is 1. The van der Waals surface area contributed by atoms with E-state index in [0.717, 1.165) is 37.2 Å². The quantitative estimate of drug-likeness (QED) is 0.372. The highest BCUT2D eigenvalue weighted by atomic mass is 32.1. The SMILES string of the molecule is O=C(c1cnn2cccnc12)N(Cc1cccc(OCCc2cccs2)c1)C[C@@H]1CCCO1. The van der Waals surface area contributed by atoms with Gasteiger partial charge in [0.1, 0.15) is 11.3 Å². The van der Waals surface area contributed by atoms with Crippen molar-refractivity contribution in [1.29, 1.82) is 0 Å². The summed E-state index contributed by atoms with van der Waals surface area (Å²) in [6, 6.07) is 13.9. The van der Waals surface area contributed by atoms with Gasteiger partial charge in [-0.25, -0.2) is 9.50 Å². The number of rotatable bonds is 9. The molecule has 0 N–H and O–H groups in total. The van der Waals surface area contributed by atoms with Gasteiger partial charge >= 0.3 is 0 Å². The molecule has 0 radical (unpaired) electrons. The summed E-state index contributed by atoms with van der Waals surface area (Å²) in [5.41, 5.74) is 2.07. The summed E-state index contributed by atoms with van der Waals surface area (Å²) in [7, 11) is 0. The van der Waals surface area contributed by atoms with Crippen LogP contribution in [0.4, 0.5) is 0 Å². The standard InChI is InChI=1S/C25H26N4O3S/c30-25(23-16-27-29-11-4-10-26-24(23)29)28(18-21-7-2-12-31-21)17-19-5-1-6-20(15-19)32-13-9-22-8-3-14-33-22/h1,3-6,8,10-11,14-16,21H,2,7,9,12-13,17-18H2/t21-/m0/s1. The molecular weight excluding hydrogens is 436 g/mol. The Hall–Kier alpha value is -3.23. The fourth-order valence-electron chi connectivity index (χ4n) is 4.08. The Kier molecular flexibility index (Phi) is 6.64. The van der Waals surface area contributed by atoms with Gasteiger partial charge in [0, 0.05) is 43.4 Å². The Labute approximate surface area is 196 Å². The first-order valence-corrected chi connectivity index (χ1v) is 12.1. The Morgan fingerprint density at radius 1 is 1.27 bits per heavy atom. The largest absolute Gasteiger partial charge is 0.493 e. The highest BCUT2D eigenvalue weighted by molar-refractivity contribution is 7.09. The number of fused-ring (bicyclic) bond motifs is 1. The molecule has 1 aliphatic heterocycles. The fraction of sp³-hybridized carbons (Fsp3) is 0.320. The lowest BCUT2D eigenvalue weighted by molar-refractivity contribution is 0.0508. The van der Waals surface area contributed by atoms with E-state index in [1.165, 1.54) is 4.88 Å². The van der Waals surface area contributed by atoms with Crippen LogP contribution in [-0.2, 0) is 17.7 Å². The Morgan fingerprint density at radius 2 is 2.24 bits per heavy atom. The summed E-state index contributed by atoms with van der Waals surface area (Å²) in [6.07, 6.45) is 7.98. The number of amides is 1. The van der Waals surface area contributed by atoms with Crippen molar-refractivity contribution in [2.45, 2.75) is 31.9 Å². The van der Waals surface area contributed by atoms with Crippen LogP contribution in [0.2, 0.25) is 0 Å². The molecule has 0 unspecified atom stereocenters. The number of carbonyl (C=O) groups excluding carboxylic acids is 1. The second-order valence-electron chi connectivity index (χ2n) is 8.09. The third kappa shape index (κ3) is 5.23. The summed E-state index contributed by atoms with van der Waals surface area (Å²) >= 11 is 1.74. The topological polar surface area (TPSA) is 69.0 Å². The van der Waals surface area contributed by atoms with Crippen molar-refractivity contribution in [1.82, 2.24) is 19.5 Å². The van der Waals surface area contributed by atoms with Gasteiger partial charge in [-0.2, -0.15) is 5.10 Å². The zero-order valence-corrected chi connectivity index (χ0v) is 19.1. The summed E-state index contributed by atoms with van der Waals surface area (Å²) in [5.74, 6) is 0.717.